The van der Waals surface area contributed by atoms with Gasteiger partial charge >= 0.3 is 0 Å². The molecule has 2 aliphatic rings. The normalized spacial score (nSPS) is 34.3. The first kappa shape index (κ1) is 15.2. The fraction of sp³-hybridized carbons (Fsp3) is 1.00. The largest absolute Gasteiger partial charge is 0.330 e. The van der Waals surface area contributed by atoms with Gasteiger partial charge in [0.05, 0.1) is 0 Å². The highest BCUT2D eigenvalue weighted by Gasteiger charge is 2.32. The Morgan fingerprint density at radius 3 is 2.63 bits per heavy atom. The molecule has 2 fully saturated rings. The molecule has 3 unspecified atom stereocenters. The lowest BCUT2D eigenvalue weighted by Gasteiger charge is -2.35. The van der Waals surface area contributed by atoms with Crippen LogP contribution in [0.4, 0.5) is 0 Å². The first-order valence-electron chi connectivity index (χ1n) is 7.50. The van der Waals surface area contributed by atoms with Gasteiger partial charge in [-0.3, -0.25) is 0 Å². The zero-order valence-electron chi connectivity index (χ0n) is 11.8. The lowest BCUT2D eigenvalue weighted by molar-refractivity contribution is 0.257. The van der Waals surface area contributed by atoms with Crippen molar-refractivity contribution in [3.8, 4) is 0 Å². The van der Waals surface area contributed by atoms with Crippen LogP contribution in [0.2, 0.25) is 0 Å². The van der Waals surface area contributed by atoms with Crippen LogP contribution in [-0.4, -0.2) is 38.4 Å². The molecule has 0 amide bonds. The van der Waals surface area contributed by atoms with Gasteiger partial charge in [0.2, 0.25) is 0 Å². The summed E-state index contributed by atoms with van der Waals surface area (Å²) < 4.78 is 29.4. The summed E-state index contributed by atoms with van der Waals surface area (Å²) in [7, 11) is -3.33. The summed E-state index contributed by atoms with van der Waals surface area (Å²) in [6, 6.07) is 0.108. The van der Waals surface area contributed by atoms with E-state index >= 15 is 0 Å². The summed E-state index contributed by atoms with van der Waals surface area (Å²) in [6.07, 6.45) is 6.40. The highest BCUT2D eigenvalue weighted by molar-refractivity contribution is 7.87. The van der Waals surface area contributed by atoms with Crippen LogP contribution in [0.1, 0.15) is 45.4 Å². The van der Waals surface area contributed by atoms with Crippen molar-refractivity contribution in [3.05, 3.63) is 0 Å². The second kappa shape index (κ2) is 6.52. The molecule has 1 heterocycles. The maximum Gasteiger partial charge on any atom is 0.279 e. The van der Waals surface area contributed by atoms with Crippen LogP contribution in [0, 0.1) is 11.8 Å². The van der Waals surface area contributed by atoms with Crippen molar-refractivity contribution in [2.45, 2.75) is 51.5 Å². The van der Waals surface area contributed by atoms with E-state index in [0.29, 0.717) is 31.5 Å². The lowest BCUT2D eigenvalue weighted by Crippen LogP contribution is -2.51. The number of nitrogens with two attached hydrogens (primary N) is 1. The van der Waals surface area contributed by atoms with Crippen LogP contribution in [-0.2, 0) is 10.2 Å². The summed E-state index contributed by atoms with van der Waals surface area (Å²) in [5.74, 6) is 0.757. The number of nitrogens with one attached hydrogen (secondary N) is 1. The molecule has 112 valence electrons. The third kappa shape index (κ3) is 3.90. The van der Waals surface area contributed by atoms with E-state index < -0.39 is 10.2 Å². The average Bonchev–Trinajstić information content (AvgIpc) is 2.41. The van der Waals surface area contributed by atoms with E-state index in [2.05, 4.69) is 11.6 Å². The molecule has 3 atom stereocenters. The van der Waals surface area contributed by atoms with Crippen molar-refractivity contribution in [3.63, 3.8) is 0 Å². The fourth-order valence-electron chi connectivity index (χ4n) is 3.19. The van der Waals surface area contributed by atoms with Gasteiger partial charge in [0.25, 0.3) is 10.2 Å². The van der Waals surface area contributed by atoms with Gasteiger partial charge in [0.15, 0.2) is 0 Å². The van der Waals surface area contributed by atoms with E-state index in [9.17, 15) is 8.42 Å². The van der Waals surface area contributed by atoms with Crippen LogP contribution < -0.4 is 10.5 Å². The van der Waals surface area contributed by atoms with E-state index in [4.69, 9.17) is 5.73 Å². The molecule has 1 saturated heterocycles. The zero-order valence-corrected chi connectivity index (χ0v) is 12.7. The zero-order chi connectivity index (χ0) is 13.9. The maximum absolute atomic E-state index is 12.4. The SMILES string of the molecule is CC1CCCCC1NS(=O)(=O)N1CCCC(CN)C1. The second-order valence-corrected chi connectivity index (χ2v) is 7.80. The Bertz CT molecular complexity index is 385. The van der Waals surface area contributed by atoms with Gasteiger partial charge in [0, 0.05) is 19.1 Å². The molecule has 5 nitrogen and oxygen atoms in total. The smallest absolute Gasteiger partial charge is 0.279 e. The number of nitrogens with zero attached hydrogens (tertiary/aromatic N) is 1. The molecular weight excluding hydrogens is 262 g/mol. The molecule has 1 saturated carbocycles. The quantitative estimate of drug-likeness (QED) is 0.813. The van der Waals surface area contributed by atoms with E-state index in [1.54, 1.807) is 4.31 Å². The van der Waals surface area contributed by atoms with Crippen LogP contribution in [0.15, 0.2) is 0 Å². The topological polar surface area (TPSA) is 75.4 Å². The molecule has 1 aliphatic heterocycles. The number of rotatable bonds is 4. The van der Waals surface area contributed by atoms with E-state index in [1.807, 2.05) is 0 Å². The van der Waals surface area contributed by atoms with Gasteiger partial charge < -0.3 is 5.73 Å². The standard InChI is InChI=1S/C13H27N3O2S/c1-11-5-2-3-7-13(11)15-19(17,18)16-8-4-6-12(9-14)10-16/h11-13,15H,2-10,14H2,1H3. The van der Waals surface area contributed by atoms with E-state index in [1.165, 1.54) is 6.42 Å². The Hall–Kier alpha value is -0.170. The highest BCUT2D eigenvalue weighted by Crippen LogP contribution is 2.25. The summed E-state index contributed by atoms with van der Waals surface area (Å²) in [6.45, 7) is 3.93. The molecule has 2 rings (SSSR count). The van der Waals surface area contributed by atoms with Crippen molar-refractivity contribution < 1.29 is 8.42 Å². The molecule has 0 bridgehead atoms. The second-order valence-electron chi connectivity index (χ2n) is 6.09. The van der Waals surface area contributed by atoms with Crippen molar-refractivity contribution in [2.24, 2.45) is 17.6 Å². The molecule has 19 heavy (non-hydrogen) atoms. The first-order chi connectivity index (χ1) is 9.03. The molecule has 0 aromatic carbocycles. The van der Waals surface area contributed by atoms with Gasteiger partial charge in [-0.05, 0) is 44.1 Å². The number of hydrogen-bond donors (Lipinski definition) is 2. The Labute approximate surface area is 117 Å². The van der Waals surface area contributed by atoms with Gasteiger partial charge in [-0.1, -0.05) is 19.8 Å². The molecule has 0 aromatic rings. The maximum atomic E-state index is 12.4. The molecule has 1 aliphatic carbocycles. The van der Waals surface area contributed by atoms with Crippen LogP contribution >= 0.6 is 0 Å². The summed E-state index contributed by atoms with van der Waals surface area (Å²) >= 11 is 0. The minimum atomic E-state index is -3.33. The summed E-state index contributed by atoms with van der Waals surface area (Å²) in [4.78, 5) is 0. The number of hydrogen-bond acceptors (Lipinski definition) is 3. The van der Waals surface area contributed by atoms with E-state index in [-0.39, 0.29) is 6.04 Å². The number of piperidine rings is 1. The lowest BCUT2D eigenvalue weighted by atomic mass is 9.87. The fourth-order valence-corrected chi connectivity index (χ4v) is 4.85. The molecule has 0 spiro atoms. The Morgan fingerprint density at radius 1 is 1.21 bits per heavy atom. The Kier molecular flexibility index (Phi) is 5.22. The predicted octanol–water partition coefficient (Wildman–Crippen LogP) is 1.07. The molecule has 0 radical (unpaired) electrons. The summed E-state index contributed by atoms with van der Waals surface area (Å²) in [5.41, 5.74) is 5.67. The minimum absolute atomic E-state index is 0.108. The van der Waals surface area contributed by atoms with E-state index in [0.717, 1.165) is 32.1 Å². The van der Waals surface area contributed by atoms with Crippen LogP contribution in [0.25, 0.3) is 0 Å². The molecular formula is C13H27N3O2S. The van der Waals surface area contributed by atoms with Gasteiger partial charge in [0.1, 0.15) is 0 Å². The third-order valence-corrected chi connectivity index (χ3v) is 6.18. The minimum Gasteiger partial charge on any atom is -0.330 e. The average molecular weight is 289 g/mol. The van der Waals surface area contributed by atoms with Crippen molar-refractivity contribution in [1.29, 1.82) is 0 Å². The molecule has 6 heteroatoms. The van der Waals surface area contributed by atoms with Crippen molar-refractivity contribution in [2.75, 3.05) is 19.6 Å². The van der Waals surface area contributed by atoms with Gasteiger partial charge in [-0.25, -0.2) is 0 Å². The van der Waals surface area contributed by atoms with Crippen molar-refractivity contribution in [1.82, 2.24) is 9.03 Å². The molecule has 0 aromatic heterocycles. The monoisotopic (exact) mass is 289 g/mol. The van der Waals surface area contributed by atoms with Crippen LogP contribution in [0.3, 0.4) is 0 Å². The highest BCUT2D eigenvalue weighted by atomic mass is 32.2. The third-order valence-electron chi connectivity index (χ3n) is 4.57. The van der Waals surface area contributed by atoms with Gasteiger partial charge in [-0.2, -0.15) is 17.4 Å². The predicted molar refractivity (Wildman–Crippen MR) is 76.8 cm³/mol. The van der Waals surface area contributed by atoms with Crippen molar-refractivity contribution >= 4 is 10.2 Å². The summed E-state index contributed by atoms with van der Waals surface area (Å²) in [5, 5.41) is 0. The Balaban J connectivity index is 1.97. The van der Waals surface area contributed by atoms with Gasteiger partial charge in [-0.15, -0.1) is 0 Å². The first-order valence-corrected chi connectivity index (χ1v) is 8.94. The van der Waals surface area contributed by atoms with Crippen LogP contribution in [0.5, 0.6) is 0 Å². The molecule has 3 N–H and O–H groups in total. The Morgan fingerprint density at radius 2 is 1.95 bits per heavy atom.